The second kappa shape index (κ2) is 8.90. The fraction of sp³-hybridized carbons (Fsp3) is 0.222. The zero-order valence-corrected chi connectivity index (χ0v) is 14.2. The van der Waals surface area contributed by atoms with Crippen molar-refractivity contribution < 1.29 is 4.74 Å². The van der Waals surface area contributed by atoms with Crippen LogP contribution in [0.25, 0.3) is 0 Å². The van der Waals surface area contributed by atoms with E-state index in [1.54, 1.807) is 6.21 Å². The maximum Gasteiger partial charge on any atom is 0.186 e. The third kappa shape index (κ3) is 6.08. The average Bonchev–Trinajstić information content (AvgIpc) is 2.55. The van der Waals surface area contributed by atoms with Crippen molar-refractivity contribution in [2.45, 2.75) is 20.5 Å². The normalized spacial score (nSPS) is 10.5. The monoisotopic (exact) mass is 327 g/mol. The summed E-state index contributed by atoms with van der Waals surface area (Å²) in [4.78, 5) is 0. The summed E-state index contributed by atoms with van der Waals surface area (Å²) in [5.74, 6) is 0.809. The molecule has 0 aromatic heterocycles. The van der Waals surface area contributed by atoms with Crippen LogP contribution in [0.2, 0.25) is 0 Å². The molecule has 0 unspecified atom stereocenters. The van der Waals surface area contributed by atoms with Gasteiger partial charge in [-0.25, -0.2) is 0 Å². The number of ether oxygens (including phenoxy) is 1. The van der Waals surface area contributed by atoms with Crippen LogP contribution < -0.4 is 15.5 Å². The number of nitrogens with one attached hydrogen (secondary N) is 2. The van der Waals surface area contributed by atoms with Gasteiger partial charge in [-0.1, -0.05) is 42.0 Å². The average molecular weight is 327 g/mol. The lowest BCUT2D eigenvalue weighted by atomic mass is 10.2. The van der Waals surface area contributed by atoms with Crippen molar-refractivity contribution in [3.05, 3.63) is 65.2 Å². The van der Waals surface area contributed by atoms with Crippen LogP contribution in [0.3, 0.4) is 0 Å². The largest absolute Gasteiger partial charge is 0.489 e. The Morgan fingerprint density at radius 1 is 1.22 bits per heavy atom. The standard InChI is InChI=1S/C18H21N3OS/c1-3-19-18(23)21-20-12-16-5-4-6-17(11-16)22-13-15-9-7-14(2)8-10-15/h4-12H,3,13H2,1-2H3,(H2,19,21,23)/b20-12+. The molecule has 4 nitrogen and oxygen atoms in total. The SMILES string of the molecule is CCNC(=S)N/N=C/c1cccc(OCc2ccc(C)cc2)c1. The van der Waals surface area contributed by atoms with Crippen LogP contribution in [0.15, 0.2) is 53.6 Å². The quantitative estimate of drug-likeness (QED) is 0.485. The molecule has 0 aliphatic heterocycles. The van der Waals surface area contributed by atoms with Crippen molar-refractivity contribution in [1.82, 2.24) is 10.7 Å². The molecule has 0 radical (unpaired) electrons. The Bertz CT molecular complexity index is 668. The molecule has 23 heavy (non-hydrogen) atoms. The van der Waals surface area contributed by atoms with Gasteiger partial charge in [-0.3, -0.25) is 5.43 Å². The molecule has 0 amide bonds. The molecule has 0 atom stereocenters. The first-order valence-corrected chi connectivity index (χ1v) is 7.93. The molecule has 0 heterocycles. The number of aryl methyl sites for hydroxylation is 1. The van der Waals surface area contributed by atoms with E-state index in [0.29, 0.717) is 11.7 Å². The highest BCUT2D eigenvalue weighted by Crippen LogP contribution is 2.14. The zero-order chi connectivity index (χ0) is 16.5. The van der Waals surface area contributed by atoms with E-state index in [9.17, 15) is 0 Å². The first-order valence-electron chi connectivity index (χ1n) is 7.52. The Balaban J connectivity index is 1.90. The lowest BCUT2D eigenvalue weighted by molar-refractivity contribution is 0.306. The smallest absolute Gasteiger partial charge is 0.186 e. The second-order valence-corrected chi connectivity index (χ2v) is 5.48. The number of rotatable bonds is 6. The summed E-state index contributed by atoms with van der Waals surface area (Å²) in [7, 11) is 0. The molecule has 0 bridgehead atoms. The van der Waals surface area contributed by atoms with Crippen LogP contribution in [-0.4, -0.2) is 17.9 Å². The molecule has 0 aliphatic rings. The first-order chi connectivity index (χ1) is 11.2. The second-order valence-electron chi connectivity index (χ2n) is 5.08. The van der Waals surface area contributed by atoms with Gasteiger partial charge >= 0.3 is 0 Å². The van der Waals surface area contributed by atoms with Crippen LogP contribution >= 0.6 is 12.2 Å². The van der Waals surface area contributed by atoms with E-state index < -0.39 is 0 Å². The summed E-state index contributed by atoms with van der Waals surface area (Å²) in [6.07, 6.45) is 1.71. The molecule has 120 valence electrons. The van der Waals surface area contributed by atoms with E-state index in [-0.39, 0.29) is 0 Å². The number of nitrogens with zero attached hydrogens (tertiary/aromatic N) is 1. The highest BCUT2D eigenvalue weighted by Gasteiger charge is 1.97. The van der Waals surface area contributed by atoms with Gasteiger partial charge in [0, 0.05) is 6.54 Å². The van der Waals surface area contributed by atoms with Gasteiger partial charge in [0.05, 0.1) is 6.21 Å². The lowest BCUT2D eigenvalue weighted by Crippen LogP contribution is -2.31. The van der Waals surface area contributed by atoms with Crippen molar-refractivity contribution in [2.24, 2.45) is 5.10 Å². The van der Waals surface area contributed by atoms with Gasteiger partial charge in [0.25, 0.3) is 0 Å². The molecule has 2 aromatic rings. The maximum atomic E-state index is 5.82. The van der Waals surface area contributed by atoms with Crippen LogP contribution in [-0.2, 0) is 6.61 Å². The fourth-order valence-corrected chi connectivity index (χ4v) is 2.10. The number of hydrogen-bond acceptors (Lipinski definition) is 3. The minimum Gasteiger partial charge on any atom is -0.489 e. The summed E-state index contributed by atoms with van der Waals surface area (Å²) in [5.41, 5.74) is 6.10. The Kier molecular flexibility index (Phi) is 6.56. The number of thiocarbonyl (C=S) groups is 1. The van der Waals surface area contributed by atoms with Crippen molar-refractivity contribution in [3.8, 4) is 5.75 Å². The number of benzene rings is 2. The van der Waals surface area contributed by atoms with Gasteiger partial charge < -0.3 is 10.1 Å². The summed E-state index contributed by atoms with van der Waals surface area (Å²) in [5, 5.41) is 7.57. The van der Waals surface area contributed by atoms with Crippen molar-refractivity contribution >= 4 is 23.5 Å². The van der Waals surface area contributed by atoms with E-state index in [1.165, 1.54) is 5.56 Å². The molecule has 2 N–H and O–H groups in total. The summed E-state index contributed by atoms with van der Waals surface area (Å²) in [6.45, 7) is 5.36. The predicted molar refractivity (Wildman–Crippen MR) is 99.0 cm³/mol. The fourth-order valence-electron chi connectivity index (χ4n) is 1.90. The van der Waals surface area contributed by atoms with Gasteiger partial charge in [0.1, 0.15) is 12.4 Å². The molecule has 0 aliphatic carbocycles. The summed E-state index contributed by atoms with van der Waals surface area (Å²) >= 11 is 5.04. The molecule has 5 heteroatoms. The Labute approximate surface area is 142 Å². The lowest BCUT2D eigenvalue weighted by Gasteiger charge is -2.07. The molecular weight excluding hydrogens is 306 g/mol. The molecule has 2 rings (SSSR count). The van der Waals surface area contributed by atoms with E-state index in [4.69, 9.17) is 17.0 Å². The van der Waals surface area contributed by atoms with Crippen molar-refractivity contribution in [3.63, 3.8) is 0 Å². The third-order valence-electron chi connectivity index (χ3n) is 3.10. The summed E-state index contributed by atoms with van der Waals surface area (Å²) in [6, 6.07) is 16.1. The minimum atomic E-state index is 0.510. The van der Waals surface area contributed by atoms with Crippen LogP contribution in [0.4, 0.5) is 0 Å². The number of hydrogen-bond donors (Lipinski definition) is 2. The highest BCUT2D eigenvalue weighted by molar-refractivity contribution is 7.80. The molecule has 0 spiro atoms. The van der Waals surface area contributed by atoms with Gasteiger partial charge in [0.2, 0.25) is 0 Å². The van der Waals surface area contributed by atoms with Gasteiger partial charge in [-0.2, -0.15) is 5.10 Å². The molecule has 0 saturated carbocycles. The third-order valence-corrected chi connectivity index (χ3v) is 3.34. The Morgan fingerprint density at radius 2 is 2.00 bits per heavy atom. The topological polar surface area (TPSA) is 45.7 Å². The van der Waals surface area contributed by atoms with E-state index in [0.717, 1.165) is 23.4 Å². The maximum absolute atomic E-state index is 5.82. The van der Waals surface area contributed by atoms with Gasteiger partial charge in [0.15, 0.2) is 5.11 Å². The van der Waals surface area contributed by atoms with Gasteiger partial charge in [-0.15, -0.1) is 0 Å². The van der Waals surface area contributed by atoms with Crippen molar-refractivity contribution in [2.75, 3.05) is 6.54 Å². The molecule has 2 aromatic carbocycles. The van der Waals surface area contributed by atoms with Crippen LogP contribution in [0, 0.1) is 6.92 Å². The first kappa shape index (κ1) is 17.0. The van der Waals surface area contributed by atoms with Crippen LogP contribution in [0.5, 0.6) is 5.75 Å². The molecule has 0 fully saturated rings. The Morgan fingerprint density at radius 3 is 2.74 bits per heavy atom. The Hall–Kier alpha value is -2.40. The predicted octanol–water partition coefficient (Wildman–Crippen LogP) is 3.39. The summed E-state index contributed by atoms with van der Waals surface area (Å²) < 4.78 is 5.82. The van der Waals surface area contributed by atoms with E-state index >= 15 is 0 Å². The van der Waals surface area contributed by atoms with Crippen LogP contribution in [0.1, 0.15) is 23.6 Å². The minimum absolute atomic E-state index is 0.510. The van der Waals surface area contributed by atoms with E-state index in [1.807, 2.05) is 31.2 Å². The molecule has 0 saturated heterocycles. The highest BCUT2D eigenvalue weighted by atomic mass is 32.1. The van der Waals surface area contributed by atoms with Crippen molar-refractivity contribution in [1.29, 1.82) is 0 Å². The number of hydrazone groups is 1. The van der Waals surface area contributed by atoms with Gasteiger partial charge in [-0.05, 0) is 49.3 Å². The zero-order valence-electron chi connectivity index (χ0n) is 13.4. The van der Waals surface area contributed by atoms with E-state index in [2.05, 4.69) is 47.0 Å². The molecular formula is C18H21N3OS.